The minimum absolute atomic E-state index is 0.0490. The van der Waals surface area contributed by atoms with Crippen molar-refractivity contribution in [1.82, 2.24) is 0 Å². The quantitative estimate of drug-likeness (QED) is 0.362. The fourth-order valence-corrected chi connectivity index (χ4v) is 3.39. The highest BCUT2D eigenvalue weighted by atomic mass is 16.4. The van der Waals surface area contributed by atoms with Gasteiger partial charge in [-0.05, 0) is 32.6 Å². The van der Waals surface area contributed by atoms with E-state index in [0.717, 1.165) is 19.3 Å². The Morgan fingerprint density at radius 2 is 2.00 bits per heavy atom. The Hall–Kier alpha value is -1.46. The maximum absolute atomic E-state index is 12.2. The van der Waals surface area contributed by atoms with Crippen molar-refractivity contribution < 1.29 is 24.9 Å². The molecule has 0 amide bonds. The maximum Gasteiger partial charge on any atom is 0.303 e. The predicted molar refractivity (Wildman–Crippen MR) is 102 cm³/mol. The van der Waals surface area contributed by atoms with Crippen LogP contribution in [0.15, 0.2) is 24.3 Å². The van der Waals surface area contributed by atoms with Gasteiger partial charge < -0.3 is 15.3 Å². The van der Waals surface area contributed by atoms with Crippen LogP contribution in [0.3, 0.4) is 0 Å². The number of aliphatic hydroxyl groups is 2. The normalized spacial score (nSPS) is 26.0. The molecule has 0 aliphatic heterocycles. The Kier molecular flexibility index (Phi) is 9.81. The van der Waals surface area contributed by atoms with Crippen molar-refractivity contribution in [3.05, 3.63) is 24.3 Å². The Labute approximate surface area is 156 Å². The molecule has 0 saturated heterocycles. The highest BCUT2D eigenvalue weighted by Gasteiger charge is 2.39. The second-order valence-corrected chi connectivity index (χ2v) is 7.59. The lowest BCUT2D eigenvalue weighted by atomic mass is 9.88. The molecular formula is C21H34O5. The van der Waals surface area contributed by atoms with E-state index in [1.54, 1.807) is 13.0 Å². The number of carbonyl (C=O) groups excluding carboxylic acids is 1. The fourth-order valence-electron chi connectivity index (χ4n) is 3.39. The Balaban J connectivity index is 2.58. The molecule has 26 heavy (non-hydrogen) atoms. The second-order valence-electron chi connectivity index (χ2n) is 7.59. The zero-order valence-electron chi connectivity index (χ0n) is 16.1. The highest BCUT2D eigenvalue weighted by molar-refractivity contribution is 5.84. The number of rotatable bonds is 12. The molecule has 1 aliphatic rings. The van der Waals surface area contributed by atoms with Gasteiger partial charge in [0.1, 0.15) is 5.78 Å². The van der Waals surface area contributed by atoms with Crippen molar-refractivity contribution in [2.24, 2.45) is 11.8 Å². The van der Waals surface area contributed by atoms with Gasteiger partial charge in [0.2, 0.25) is 0 Å². The molecule has 5 nitrogen and oxygen atoms in total. The van der Waals surface area contributed by atoms with Gasteiger partial charge in [0.25, 0.3) is 0 Å². The lowest BCUT2D eigenvalue weighted by Crippen LogP contribution is -2.23. The number of carboxylic acid groups (broad SMARTS) is 1. The van der Waals surface area contributed by atoms with Crippen LogP contribution in [0.5, 0.6) is 0 Å². The number of allylic oxidation sites excluding steroid dienone is 2. The number of carbonyl (C=O) groups is 2. The van der Waals surface area contributed by atoms with E-state index in [0.29, 0.717) is 25.7 Å². The molecule has 0 bridgehead atoms. The largest absolute Gasteiger partial charge is 0.481 e. The van der Waals surface area contributed by atoms with E-state index in [9.17, 15) is 19.8 Å². The van der Waals surface area contributed by atoms with Crippen LogP contribution in [0, 0.1) is 11.8 Å². The highest BCUT2D eigenvalue weighted by Crippen LogP contribution is 2.34. The number of hydrogen-bond acceptors (Lipinski definition) is 4. The molecule has 0 spiro atoms. The Bertz CT molecular complexity index is 507. The molecule has 1 rings (SSSR count). The summed E-state index contributed by atoms with van der Waals surface area (Å²) in [5.41, 5.74) is -0.919. The summed E-state index contributed by atoms with van der Waals surface area (Å²) in [5, 5.41) is 29.3. The van der Waals surface area contributed by atoms with Gasteiger partial charge in [0, 0.05) is 24.7 Å². The predicted octanol–water partition coefficient (Wildman–Crippen LogP) is 3.64. The molecule has 0 aromatic carbocycles. The van der Waals surface area contributed by atoms with Gasteiger partial charge in [0.05, 0.1) is 11.7 Å². The monoisotopic (exact) mass is 366 g/mol. The van der Waals surface area contributed by atoms with Crippen LogP contribution in [0.25, 0.3) is 0 Å². The summed E-state index contributed by atoms with van der Waals surface area (Å²) in [6.07, 6.45) is 12.5. The minimum Gasteiger partial charge on any atom is -0.481 e. The Morgan fingerprint density at radius 1 is 1.27 bits per heavy atom. The Morgan fingerprint density at radius 3 is 2.65 bits per heavy atom. The van der Waals surface area contributed by atoms with Crippen LogP contribution in [0.4, 0.5) is 0 Å². The minimum atomic E-state index is -0.919. The molecule has 0 heterocycles. The van der Waals surface area contributed by atoms with Crippen molar-refractivity contribution in [1.29, 1.82) is 0 Å². The molecule has 4 unspecified atom stereocenters. The third-order valence-corrected chi connectivity index (χ3v) is 5.01. The van der Waals surface area contributed by atoms with E-state index in [-0.39, 0.29) is 30.5 Å². The topological polar surface area (TPSA) is 94.8 Å². The van der Waals surface area contributed by atoms with Gasteiger partial charge in [-0.2, -0.15) is 0 Å². The first kappa shape index (κ1) is 22.6. The van der Waals surface area contributed by atoms with E-state index in [2.05, 4.69) is 6.92 Å². The molecular weight excluding hydrogens is 332 g/mol. The van der Waals surface area contributed by atoms with Crippen LogP contribution >= 0.6 is 0 Å². The zero-order chi connectivity index (χ0) is 19.6. The zero-order valence-corrected chi connectivity index (χ0v) is 16.1. The lowest BCUT2D eigenvalue weighted by molar-refractivity contribution is -0.137. The number of aliphatic carboxylic acids is 1. The molecule has 1 saturated carbocycles. The number of unbranched alkanes of at least 4 members (excludes halogenated alkanes) is 3. The summed E-state index contributed by atoms with van der Waals surface area (Å²) < 4.78 is 0. The SMILES string of the molecule is CCCCCC(C)(O)C=CC1C(O)CC(=O)C1CC=CCCCC(=O)O. The lowest BCUT2D eigenvalue weighted by Gasteiger charge is -2.21. The van der Waals surface area contributed by atoms with Gasteiger partial charge in [-0.1, -0.05) is 50.5 Å². The molecule has 148 valence electrons. The van der Waals surface area contributed by atoms with Crippen LogP contribution in [-0.2, 0) is 9.59 Å². The smallest absolute Gasteiger partial charge is 0.303 e. The second kappa shape index (κ2) is 11.3. The van der Waals surface area contributed by atoms with Crippen LogP contribution in [-0.4, -0.2) is 38.8 Å². The standard InChI is InChI=1S/C21H34O5/c1-3-4-9-13-21(2,26)14-12-17-16(18(22)15-19(17)23)10-7-5-6-8-11-20(24)25/h5,7,12,14,16-17,19,23,26H,3-4,6,8-11,13,15H2,1-2H3,(H,24,25). The van der Waals surface area contributed by atoms with Crippen molar-refractivity contribution in [3.8, 4) is 0 Å². The summed E-state index contributed by atoms with van der Waals surface area (Å²) in [7, 11) is 0. The van der Waals surface area contributed by atoms with Crippen LogP contribution < -0.4 is 0 Å². The van der Waals surface area contributed by atoms with Gasteiger partial charge >= 0.3 is 5.97 Å². The molecule has 4 atom stereocenters. The molecule has 0 radical (unpaired) electrons. The molecule has 1 fully saturated rings. The van der Waals surface area contributed by atoms with Crippen molar-refractivity contribution in [2.75, 3.05) is 0 Å². The van der Waals surface area contributed by atoms with Crippen LogP contribution in [0.2, 0.25) is 0 Å². The van der Waals surface area contributed by atoms with E-state index >= 15 is 0 Å². The summed E-state index contributed by atoms with van der Waals surface area (Å²) in [5.74, 6) is -1.30. The number of Topliss-reactive ketones (excluding diaryl/α,β-unsaturated/α-hetero) is 1. The van der Waals surface area contributed by atoms with Crippen molar-refractivity contribution >= 4 is 11.8 Å². The summed E-state index contributed by atoms with van der Waals surface area (Å²) >= 11 is 0. The number of aliphatic hydroxyl groups excluding tert-OH is 1. The van der Waals surface area contributed by atoms with Crippen molar-refractivity contribution in [2.45, 2.75) is 83.3 Å². The van der Waals surface area contributed by atoms with E-state index < -0.39 is 17.7 Å². The van der Waals surface area contributed by atoms with E-state index in [4.69, 9.17) is 5.11 Å². The van der Waals surface area contributed by atoms with Gasteiger partial charge in [0.15, 0.2) is 0 Å². The van der Waals surface area contributed by atoms with E-state index in [1.807, 2.05) is 18.2 Å². The van der Waals surface area contributed by atoms with Gasteiger partial charge in [-0.25, -0.2) is 0 Å². The van der Waals surface area contributed by atoms with E-state index in [1.165, 1.54) is 0 Å². The molecule has 3 N–H and O–H groups in total. The van der Waals surface area contributed by atoms with Gasteiger partial charge in [-0.3, -0.25) is 9.59 Å². The first-order valence-corrected chi connectivity index (χ1v) is 9.76. The molecule has 0 aromatic heterocycles. The maximum atomic E-state index is 12.2. The number of ketones is 1. The van der Waals surface area contributed by atoms with Crippen molar-refractivity contribution in [3.63, 3.8) is 0 Å². The third-order valence-electron chi connectivity index (χ3n) is 5.01. The molecule has 5 heteroatoms. The van der Waals surface area contributed by atoms with Crippen LogP contribution in [0.1, 0.15) is 71.6 Å². The fraction of sp³-hybridized carbons (Fsp3) is 0.714. The summed E-state index contributed by atoms with van der Waals surface area (Å²) in [6, 6.07) is 0. The first-order valence-electron chi connectivity index (χ1n) is 9.76. The average molecular weight is 366 g/mol. The van der Waals surface area contributed by atoms with Gasteiger partial charge in [-0.15, -0.1) is 0 Å². The summed E-state index contributed by atoms with van der Waals surface area (Å²) in [4.78, 5) is 22.6. The molecule has 0 aromatic rings. The number of hydrogen-bond donors (Lipinski definition) is 3. The first-order chi connectivity index (χ1) is 12.3. The number of carboxylic acids is 1. The average Bonchev–Trinajstić information content (AvgIpc) is 2.82. The summed E-state index contributed by atoms with van der Waals surface area (Å²) in [6.45, 7) is 3.88. The molecule has 1 aliphatic carbocycles. The third kappa shape index (κ3) is 8.28.